The first-order valence-electron chi connectivity index (χ1n) is 9.10. The van der Waals surface area contributed by atoms with Crippen LogP contribution in [0.1, 0.15) is 35.2 Å². The molecule has 0 unspecified atom stereocenters. The molecular weight excluding hydrogens is 328 g/mol. The van der Waals surface area contributed by atoms with Crippen molar-refractivity contribution in [2.24, 2.45) is 0 Å². The molecule has 0 N–H and O–H groups in total. The number of allylic oxidation sites excluding steroid dienone is 1. The maximum absolute atomic E-state index is 13.1. The van der Waals surface area contributed by atoms with E-state index in [0.717, 1.165) is 42.8 Å². The van der Waals surface area contributed by atoms with E-state index in [1.807, 2.05) is 54.6 Å². The molecule has 2 aromatic carbocycles. The van der Waals surface area contributed by atoms with Gasteiger partial charge in [0.1, 0.15) is 12.4 Å². The molecule has 0 spiro atoms. The molecule has 0 atom stereocenters. The number of benzene rings is 2. The molecule has 2 aromatic rings. The molecule has 0 amide bonds. The van der Waals surface area contributed by atoms with Crippen LogP contribution in [0.25, 0.3) is 5.57 Å². The fraction of sp³-hybridized carbons (Fsp3) is 0.318. The van der Waals surface area contributed by atoms with Crippen LogP contribution in [0, 0.1) is 0 Å². The number of ether oxygens (including phenoxy) is 3. The number of carbonyl (C=O) groups excluding carboxylic acids is 1. The van der Waals surface area contributed by atoms with Crippen molar-refractivity contribution in [1.29, 1.82) is 0 Å². The normalized spacial score (nSPS) is 19.6. The molecule has 0 bridgehead atoms. The molecule has 2 heterocycles. The fourth-order valence-corrected chi connectivity index (χ4v) is 3.46. The molecule has 134 valence electrons. The Labute approximate surface area is 153 Å². The quantitative estimate of drug-likeness (QED) is 0.773. The number of hydrogen-bond acceptors (Lipinski definition) is 4. The van der Waals surface area contributed by atoms with Crippen LogP contribution in [0.3, 0.4) is 0 Å². The van der Waals surface area contributed by atoms with Crippen molar-refractivity contribution in [2.75, 3.05) is 19.8 Å². The predicted molar refractivity (Wildman–Crippen MR) is 99.2 cm³/mol. The zero-order valence-electron chi connectivity index (χ0n) is 14.6. The lowest BCUT2D eigenvalue weighted by Crippen LogP contribution is -2.25. The van der Waals surface area contributed by atoms with Gasteiger partial charge in [-0.1, -0.05) is 42.5 Å². The van der Waals surface area contributed by atoms with Gasteiger partial charge in [0.2, 0.25) is 0 Å². The summed E-state index contributed by atoms with van der Waals surface area (Å²) in [5.41, 5.74) is 3.43. The van der Waals surface area contributed by atoms with Gasteiger partial charge >= 0.3 is 0 Å². The van der Waals surface area contributed by atoms with Gasteiger partial charge in [-0.15, -0.1) is 0 Å². The highest BCUT2D eigenvalue weighted by molar-refractivity contribution is 6.15. The van der Waals surface area contributed by atoms with E-state index >= 15 is 0 Å². The smallest absolute Gasteiger partial charge is 0.196 e. The zero-order chi connectivity index (χ0) is 17.8. The summed E-state index contributed by atoms with van der Waals surface area (Å²) < 4.78 is 17.2. The summed E-state index contributed by atoms with van der Waals surface area (Å²) >= 11 is 0. The van der Waals surface area contributed by atoms with Gasteiger partial charge in [0.25, 0.3) is 0 Å². The van der Waals surface area contributed by atoms with E-state index in [1.54, 1.807) is 0 Å². The van der Waals surface area contributed by atoms with Crippen LogP contribution < -0.4 is 4.74 Å². The number of ketones is 1. The van der Waals surface area contributed by atoms with Gasteiger partial charge in [-0.3, -0.25) is 4.79 Å². The highest BCUT2D eigenvalue weighted by Crippen LogP contribution is 2.33. The first-order chi connectivity index (χ1) is 12.8. The Hall–Kier alpha value is -2.43. The Bertz CT molecular complexity index is 804. The summed E-state index contributed by atoms with van der Waals surface area (Å²) in [6, 6.07) is 17.5. The van der Waals surface area contributed by atoms with Gasteiger partial charge in [-0.05, 0) is 36.1 Å². The van der Waals surface area contributed by atoms with E-state index in [2.05, 4.69) is 0 Å². The molecule has 4 rings (SSSR count). The van der Waals surface area contributed by atoms with Crippen LogP contribution >= 0.6 is 0 Å². The highest BCUT2D eigenvalue weighted by atomic mass is 16.7. The van der Waals surface area contributed by atoms with Crippen molar-refractivity contribution in [3.8, 4) is 5.75 Å². The van der Waals surface area contributed by atoms with E-state index in [-0.39, 0.29) is 12.1 Å². The molecule has 4 heteroatoms. The summed E-state index contributed by atoms with van der Waals surface area (Å²) in [6.07, 6.45) is 2.17. The molecular formula is C22H22O4. The first-order valence-corrected chi connectivity index (χ1v) is 9.10. The first kappa shape index (κ1) is 17.0. The standard InChI is InChI=1S/C22H22O4/c23-22-18-9-4-5-10-20(18)26-15-19(22)17(16-7-2-1-3-8-16)11-12-21-24-13-6-14-25-21/h1-5,7-10,21H,6,11-15H2/b19-17-. The predicted octanol–water partition coefficient (Wildman–Crippen LogP) is 4.26. The van der Waals surface area contributed by atoms with Gasteiger partial charge in [-0.25, -0.2) is 0 Å². The van der Waals surface area contributed by atoms with Crippen molar-refractivity contribution in [1.82, 2.24) is 0 Å². The van der Waals surface area contributed by atoms with Crippen LogP contribution in [0.4, 0.5) is 0 Å². The average molecular weight is 350 g/mol. The second kappa shape index (κ2) is 7.85. The minimum absolute atomic E-state index is 0.0520. The monoisotopic (exact) mass is 350 g/mol. The largest absolute Gasteiger partial charge is 0.488 e. The zero-order valence-corrected chi connectivity index (χ0v) is 14.6. The number of para-hydroxylation sites is 1. The van der Waals surface area contributed by atoms with E-state index in [4.69, 9.17) is 14.2 Å². The Morgan fingerprint density at radius 1 is 0.962 bits per heavy atom. The second-order valence-electron chi connectivity index (χ2n) is 6.50. The van der Waals surface area contributed by atoms with Crippen LogP contribution in [-0.2, 0) is 9.47 Å². The molecule has 1 saturated heterocycles. The lowest BCUT2D eigenvalue weighted by Gasteiger charge is -2.25. The van der Waals surface area contributed by atoms with Crippen molar-refractivity contribution >= 4 is 11.4 Å². The van der Waals surface area contributed by atoms with E-state index < -0.39 is 0 Å². The van der Waals surface area contributed by atoms with Crippen LogP contribution in [0.5, 0.6) is 5.75 Å². The molecule has 1 fully saturated rings. The van der Waals surface area contributed by atoms with Gasteiger partial charge in [0.05, 0.1) is 18.8 Å². The van der Waals surface area contributed by atoms with Gasteiger partial charge in [-0.2, -0.15) is 0 Å². The molecule has 0 saturated carbocycles. The summed E-state index contributed by atoms with van der Waals surface area (Å²) in [4.78, 5) is 13.1. The van der Waals surface area contributed by atoms with E-state index in [9.17, 15) is 4.79 Å². The molecule has 26 heavy (non-hydrogen) atoms. The minimum atomic E-state index is -0.199. The average Bonchev–Trinajstić information content (AvgIpc) is 2.71. The Balaban J connectivity index is 1.66. The molecule has 0 aromatic heterocycles. The summed E-state index contributed by atoms with van der Waals surface area (Å²) in [6.45, 7) is 1.76. The fourth-order valence-electron chi connectivity index (χ4n) is 3.46. The van der Waals surface area contributed by atoms with Gasteiger partial charge in [0.15, 0.2) is 12.1 Å². The number of rotatable bonds is 4. The summed E-state index contributed by atoms with van der Waals surface area (Å²) in [5, 5.41) is 0. The lowest BCUT2D eigenvalue weighted by molar-refractivity contribution is -0.180. The van der Waals surface area contributed by atoms with Crippen molar-refractivity contribution in [3.63, 3.8) is 0 Å². The van der Waals surface area contributed by atoms with Gasteiger partial charge < -0.3 is 14.2 Å². The number of fused-ring (bicyclic) bond motifs is 1. The third-order valence-corrected chi connectivity index (χ3v) is 4.79. The Kier molecular flexibility index (Phi) is 5.14. The second-order valence-corrected chi connectivity index (χ2v) is 6.50. The Morgan fingerprint density at radius 2 is 1.69 bits per heavy atom. The lowest BCUT2D eigenvalue weighted by atomic mass is 9.90. The van der Waals surface area contributed by atoms with Crippen molar-refractivity contribution in [2.45, 2.75) is 25.6 Å². The molecule has 2 aliphatic rings. The highest BCUT2D eigenvalue weighted by Gasteiger charge is 2.27. The van der Waals surface area contributed by atoms with Crippen LogP contribution in [0.15, 0.2) is 60.2 Å². The van der Waals surface area contributed by atoms with Crippen LogP contribution in [-0.4, -0.2) is 31.9 Å². The SMILES string of the molecule is O=C1/C(=C(/CCC2OCCCO2)c2ccccc2)COc2ccccc21. The third kappa shape index (κ3) is 3.57. The molecule has 2 aliphatic heterocycles. The van der Waals surface area contributed by atoms with Crippen molar-refractivity contribution in [3.05, 3.63) is 71.3 Å². The third-order valence-electron chi connectivity index (χ3n) is 4.79. The number of carbonyl (C=O) groups is 1. The summed E-state index contributed by atoms with van der Waals surface area (Å²) in [7, 11) is 0. The maximum atomic E-state index is 13.1. The van der Waals surface area contributed by atoms with Gasteiger partial charge in [0, 0.05) is 12.0 Å². The molecule has 0 aliphatic carbocycles. The number of hydrogen-bond donors (Lipinski definition) is 0. The minimum Gasteiger partial charge on any atom is -0.488 e. The topological polar surface area (TPSA) is 44.8 Å². The van der Waals surface area contributed by atoms with Crippen molar-refractivity contribution < 1.29 is 19.0 Å². The van der Waals surface area contributed by atoms with Crippen LogP contribution in [0.2, 0.25) is 0 Å². The molecule has 0 radical (unpaired) electrons. The van der Waals surface area contributed by atoms with E-state index in [0.29, 0.717) is 24.3 Å². The maximum Gasteiger partial charge on any atom is 0.196 e. The Morgan fingerprint density at radius 3 is 2.50 bits per heavy atom. The summed E-state index contributed by atoms with van der Waals surface area (Å²) in [5.74, 6) is 0.712. The molecule has 4 nitrogen and oxygen atoms in total. The van der Waals surface area contributed by atoms with E-state index in [1.165, 1.54) is 0 Å². The number of Topliss-reactive ketones (excluding diaryl/α,β-unsaturated/α-hetero) is 1.